The SMILES string of the molecule is Cc1cc(N2CCN(C(=O)c3ccc(F)cc3)CC2)no1. The van der Waals surface area contributed by atoms with Crippen LogP contribution in [-0.2, 0) is 0 Å². The zero-order chi connectivity index (χ0) is 14.8. The van der Waals surface area contributed by atoms with E-state index in [1.54, 1.807) is 4.90 Å². The van der Waals surface area contributed by atoms with E-state index in [1.165, 1.54) is 24.3 Å². The lowest BCUT2D eigenvalue weighted by Crippen LogP contribution is -2.48. The molecule has 0 unspecified atom stereocenters. The minimum absolute atomic E-state index is 0.0639. The zero-order valence-electron chi connectivity index (χ0n) is 11.8. The van der Waals surface area contributed by atoms with Crippen LogP contribution in [-0.4, -0.2) is 42.1 Å². The minimum Gasteiger partial charge on any atom is -0.360 e. The quantitative estimate of drug-likeness (QED) is 0.849. The highest BCUT2D eigenvalue weighted by Crippen LogP contribution is 2.17. The molecule has 0 atom stereocenters. The van der Waals surface area contributed by atoms with E-state index >= 15 is 0 Å². The molecule has 0 bridgehead atoms. The number of piperazine rings is 1. The molecular formula is C15H16FN3O2. The van der Waals surface area contributed by atoms with E-state index in [9.17, 15) is 9.18 Å². The molecule has 110 valence electrons. The van der Waals surface area contributed by atoms with Gasteiger partial charge in [-0.15, -0.1) is 0 Å². The van der Waals surface area contributed by atoms with Crippen LogP contribution < -0.4 is 4.90 Å². The fourth-order valence-electron chi connectivity index (χ4n) is 2.42. The summed E-state index contributed by atoms with van der Waals surface area (Å²) in [5, 5.41) is 3.98. The average molecular weight is 289 g/mol. The summed E-state index contributed by atoms with van der Waals surface area (Å²) in [6, 6.07) is 7.54. The van der Waals surface area contributed by atoms with Crippen LogP contribution >= 0.6 is 0 Å². The zero-order valence-corrected chi connectivity index (χ0v) is 11.8. The van der Waals surface area contributed by atoms with Gasteiger partial charge in [0.25, 0.3) is 5.91 Å². The molecule has 21 heavy (non-hydrogen) atoms. The van der Waals surface area contributed by atoms with Crippen LogP contribution in [0.25, 0.3) is 0 Å². The Kier molecular flexibility index (Phi) is 3.60. The van der Waals surface area contributed by atoms with Crippen LogP contribution in [0.15, 0.2) is 34.9 Å². The molecule has 1 saturated heterocycles. The van der Waals surface area contributed by atoms with Crippen molar-refractivity contribution in [1.82, 2.24) is 10.1 Å². The number of hydrogen-bond acceptors (Lipinski definition) is 4. The summed E-state index contributed by atoms with van der Waals surface area (Å²) in [5.41, 5.74) is 0.516. The van der Waals surface area contributed by atoms with Crippen molar-refractivity contribution in [2.45, 2.75) is 6.92 Å². The maximum absolute atomic E-state index is 12.9. The third-order valence-corrected chi connectivity index (χ3v) is 3.60. The molecule has 5 nitrogen and oxygen atoms in total. The van der Waals surface area contributed by atoms with Crippen molar-refractivity contribution < 1.29 is 13.7 Å². The Balaban J connectivity index is 1.63. The highest BCUT2D eigenvalue weighted by molar-refractivity contribution is 5.94. The maximum Gasteiger partial charge on any atom is 0.253 e. The molecule has 0 aliphatic carbocycles. The van der Waals surface area contributed by atoms with Crippen LogP contribution in [0.5, 0.6) is 0 Å². The number of aryl methyl sites for hydroxylation is 1. The molecule has 0 saturated carbocycles. The number of anilines is 1. The second kappa shape index (κ2) is 5.55. The molecule has 3 rings (SSSR count). The topological polar surface area (TPSA) is 49.6 Å². The van der Waals surface area contributed by atoms with Crippen molar-refractivity contribution in [2.24, 2.45) is 0 Å². The highest BCUT2D eigenvalue weighted by atomic mass is 19.1. The molecule has 1 aromatic carbocycles. The van der Waals surface area contributed by atoms with Gasteiger partial charge < -0.3 is 14.3 Å². The van der Waals surface area contributed by atoms with Crippen molar-refractivity contribution in [2.75, 3.05) is 31.1 Å². The van der Waals surface area contributed by atoms with E-state index in [0.717, 1.165) is 11.6 Å². The van der Waals surface area contributed by atoms with Gasteiger partial charge in [0.15, 0.2) is 5.82 Å². The third-order valence-electron chi connectivity index (χ3n) is 3.60. The second-order valence-electron chi connectivity index (χ2n) is 5.08. The molecule has 0 radical (unpaired) electrons. The van der Waals surface area contributed by atoms with Gasteiger partial charge in [0, 0.05) is 37.8 Å². The Morgan fingerprint density at radius 1 is 1.19 bits per heavy atom. The van der Waals surface area contributed by atoms with E-state index < -0.39 is 0 Å². The van der Waals surface area contributed by atoms with Gasteiger partial charge in [0.2, 0.25) is 0 Å². The van der Waals surface area contributed by atoms with Crippen molar-refractivity contribution in [1.29, 1.82) is 0 Å². The van der Waals surface area contributed by atoms with Crippen LogP contribution in [0.4, 0.5) is 10.2 Å². The number of nitrogens with zero attached hydrogens (tertiary/aromatic N) is 3. The Labute approximate surface area is 121 Å². The summed E-state index contributed by atoms with van der Waals surface area (Å²) in [7, 11) is 0. The van der Waals surface area contributed by atoms with E-state index in [2.05, 4.69) is 10.1 Å². The Morgan fingerprint density at radius 3 is 2.43 bits per heavy atom. The molecule has 2 heterocycles. The first-order valence-electron chi connectivity index (χ1n) is 6.86. The Bertz CT molecular complexity index is 631. The molecule has 2 aromatic rings. The van der Waals surface area contributed by atoms with Gasteiger partial charge in [-0.05, 0) is 31.2 Å². The van der Waals surface area contributed by atoms with Crippen molar-refractivity contribution in [3.05, 3.63) is 47.5 Å². The third kappa shape index (κ3) is 2.89. The summed E-state index contributed by atoms with van der Waals surface area (Å²) < 4.78 is 18.0. The van der Waals surface area contributed by atoms with Crippen LogP contribution in [0.3, 0.4) is 0 Å². The van der Waals surface area contributed by atoms with Crippen molar-refractivity contribution >= 4 is 11.7 Å². The molecular weight excluding hydrogens is 273 g/mol. The van der Waals surface area contributed by atoms with Crippen LogP contribution in [0, 0.1) is 12.7 Å². The molecule has 1 aromatic heterocycles. The van der Waals surface area contributed by atoms with Gasteiger partial charge in [-0.25, -0.2) is 4.39 Å². The average Bonchev–Trinajstić information content (AvgIpc) is 2.94. The molecule has 1 aliphatic heterocycles. The molecule has 0 N–H and O–H groups in total. The van der Waals surface area contributed by atoms with Gasteiger partial charge in [0.05, 0.1) is 0 Å². The summed E-state index contributed by atoms with van der Waals surface area (Å²) in [5.74, 6) is 1.18. The largest absolute Gasteiger partial charge is 0.360 e. The van der Waals surface area contributed by atoms with Gasteiger partial charge in [-0.1, -0.05) is 5.16 Å². The predicted octanol–water partition coefficient (Wildman–Crippen LogP) is 2.08. The van der Waals surface area contributed by atoms with Crippen LogP contribution in [0.1, 0.15) is 16.1 Å². The minimum atomic E-state index is -0.335. The monoisotopic (exact) mass is 289 g/mol. The highest BCUT2D eigenvalue weighted by Gasteiger charge is 2.23. The maximum atomic E-state index is 12.9. The first-order valence-corrected chi connectivity index (χ1v) is 6.86. The summed E-state index contributed by atoms with van der Waals surface area (Å²) in [6.07, 6.45) is 0. The fraction of sp³-hybridized carbons (Fsp3) is 0.333. The van der Waals surface area contributed by atoms with Gasteiger partial charge in [-0.2, -0.15) is 0 Å². The normalized spacial score (nSPS) is 15.3. The standard InChI is InChI=1S/C15H16FN3O2/c1-11-10-14(17-21-11)18-6-8-19(9-7-18)15(20)12-2-4-13(16)5-3-12/h2-5,10H,6-9H2,1H3. The summed E-state index contributed by atoms with van der Waals surface area (Å²) in [4.78, 5) is 16.2. The van der Waals surface area contributed by atoms with E-state index in [1.807, 2.05) is 13.0 Å². The molecule has 1 amide bonds. The lowest BCUT2D eigenvalue weighted by Gasteiger charge is -2.34. The first kappa shape index (κ1) is 13.6. The number of rotatable bonds is 2. The van der Waals surface area contributed by atoms with Crippen molar-refractivity contribution in [3.63, 3.8) is 0 Å². The predicted molar refractivity (Wildman–Crippen MR) is 75.8 cm³/mol. The molecule has 0 spiro atoms. The summed E-state index contributed by atoms with van der Waals surface area (Å²) >= 11 is 0. The lowest BCUT2D eigenvalue weighted by molar-refractivity contribution is 0.0746. The smallest absolute Gasteiger partial charge is 0.253 e. The van der Waals surface area contributed by atoms with Crippen molar-refractivity contribution in [3.8, 4) is 0 Å². The van der Waals surface area contributed by atoms with Gasteiger partial charge in [0.1, 0.15) is 11.6 Å². The molecule has 1 fully saturated rings. The van der Waals surface area contributed by atoms with E-state index in [4.69, 9.17) is 4.52 Å². The number of amides is 1. The number of aromatic nitrogens is 1. The van der Waals surface area contributed by atoms with E-state index in [-0.39, 0.29) is 11.7 Å². The molecule has 6 heteroatoms. The Morgan fingerprint density at radius 2 is 1.86 bits per heavy atom. The number of hydrogen-bond donors (Lipinski definition) is 0. The first-order chi connectivity index (χ1) is 10.1. The number of halogens is 1. The van der Waals surface area contributed by atoms with Gasteiger partial charge >= 0.3 is 0 Å². The molecule has 1 aliphatic rings. The number of benzene rings is 1. The van der Waals surface area contributed by atoms with Crippen LogP contribution in [0.2, 0.25) is 0 Å². The van der Waals surface area contributed by atoms with Gasteiger partial charge in [-0.3, -0.25) is 4.79 Å². The summed E-state index contributed by atoms with van der Waals surface area (Å²) in [6.45, 7) is 4.49. The Hall–Kier alpha value is -2.37. The van der Waals surface area contributed by atoms with E-state index in [0.29, 0.717) is 31.7 Å². The fourth-order valence-corrected chi connectivity index (χ4v) is 2.42. The number of carbonyl (C=O) groups excluding carboxylic acids is 1. The lowest BCUT2D eigenvalue weighted by atomic mass is 10.2. The second-order valence-corrected chi connectivity index (χ2v) is 5.08. The number of carbonyl (C=O) groups is 1.